The van der Waals surface area contributed by atoms with Crippen LogP contribution in [0, 0.1) is 25.7 Å². The number of likely N-dealkylation sites (tertiary alicyclic amines) is 1. The van der Waals surface area contributed by atoms with Crippen LogP contribution in [-0.4, -0.2) is 58.8 Å². The molecule has 0 spiro atoms. The summed E-state index contributed by atoms with van der Waals surface area (Å²) >= 11 is 0. The van der Waals surface area contributed by atoms with Crippen LogP contribution < -0.4 is 5.32 Å². The SMILES string of the molecule is Cc1cc(NC(=O)N2C[C@H]3CC[C@@H](C2)C3N(C)C)n(-c2ccccc2C)n1. The van der Waals surface area contributed by atoms with Crippen LogP contribution in [0.25, 0.3) is 5.69 Å². The minimum Gasteiger partial charge on any atom is -0.324 e. The van der Waals surface area contributed by atoms with Crippen LogP contribution in [0.5, 0.6) is 0 Å². The van der Waals surface area contributed by atoms with E-state index in [4.69, 9.17) is 0 Å². The maximum absolute atomic E-state index is 13.0. The molecule has 1 aliphatic carbocycles. The molecule has 2 amide bonds. The topological polar surface area (TPSA) is 53.4 Å². The molecule has 2 heterocycles. The summed E-state index contributed by atoms with van der Waals surface area (Å²) in [6.07, 6.45) is 2.44. The molecule has 0 radical (unpaired) electrons. The van der Waals surface area contributed by atoms with Crippen molar-refractivity contribution < 1.29 is 4.79 Å². The van der Waals surface area contributed by atoms with Crippen molar-refractivity contribution in [1.29, 1.82) is 0 Å². The van der Waals surface area contributed by atoms with Gasteiger partial charge in [0.1, 0.15) is 5.82 Å². The van der Waals surface area contributed by atoms with Crippen LogP contribution in [0.1, 0.15) is 24.1 Å². The lowest BCUT2D eigenvalue weighted by Crippen LogP contribution is -2.53. The third-order valence-corrected chi connectivity index (χ3v) is 6.08. The van der Waals surface area contributed by atoms with E-state index in [9.17, 15) is 4.79 Å². The Morgan fingerprint density at radius 2 is 1.81 bits per heavy atom. The molecule has 1 N–H and O–H groups in total. The summed E-state index contributed by atoms with van der Waals surface area (Å²) in [5.41, 5.74) is 3.01. The molecule has 6 heteroatoms. The second-order valence-electron chi connectivity index (χ2n) is 8.26. The maximum atomic E-state index is 13.0. The van der Waals surface area contributed by atoms with Crippen molar-refractivity contribution in [3.8, 4) is 5.69 Å². The fourth-order valence-electron chi connectivity index (χ4n) is 4.96. The van der Waals surface area contributed by atoms with E-state index in [0.29, 0.717) is 17.9 Å². The Bertz CT molecular complexity index is 829. The van der Waals surface area contributed by atoms with Gasteiger partial charge < -0.3 is 9.80 Å². The number of piperidine rings is 1. The summed E-state index contributed by atoms with van der Waals surface area (Å²) in [5.74, 6) is 1.88. The fraction of sp³-hybridized carbons (Fsp3) is 0.524. The van der Waals surface area contributed by atoms with Gasteiger partial charge in [-0.3, -0.25) is 5.32 Å². The zero-order chi connectivity index (χ0) is 19.1. The summed E-state index contributed by atoms with van der Waals surface area (Å²) < 4.78 is 1.84. The molecule has 1 saturated carbocycles. The number of hydrogen-bond acceptors (Lipinski definition) is 3. The van der Waals surface area contributed by atoms with Gasteiger partial charge in [-0.2, -0.15) is 5.10 Å². The number of urea groups is 1. The Balaban J connectivity index is 1.53. The zero-order valence-electron chi connectivity index (χ0n) is 16.6. The van der Waals surface area contributed by atoms with Gasteiger partial charge in [0.05, 0.1) is 11.4 Å². The number of amides is 2. The summed E-state index contributed by atoms with van der Waals surface area (Å²) in [6, 6.07) is 10.6. The summed E-state index contributed by atoms with van der Waals surface area (Å²) in [5, 5.41) is 7.71. The Morgan fingerprint density at radius 3 is 2.44 bits per heavy atom. The normalized spacial score (nSPS) is 24.5. The van der Waals surface area contributed by atoms with E-state index < -0.39 is 0 Å². The lowest BCUT2D eigenvalue weighted by molar-refractivity contribution is 0.0953. The molecule has 2 aliphatic rings. The van der Waals surface area contributed by atoms with Crippen LogP contribution in [0.2, 0.25) is 0 Å². The summed E-state index contributed by atoms with van der Waals surface area (Å²) in [4.78, 5) is 17.3. The molecule has 1 unspecified atom stereocenters. The molecule has 1 aromatic heterocycles. The van der Waals surface area contributed by atoms with Crippen molar-refractivity contribution in [2.24, 2.45) is 11.8 Å². The van der Waals surface area contributed by atoms with Crippen molar-refractivity contribution in [3.05, 3.63) is 41.6 Å². The lowest BCUT2D eigenvalue weighted by Gasteiger charge is -2.41. The van der Waals surface area contributed by atoms with E-state index in [0.717, 1.165) is 35.9 Å². The first-order valence-corrected chi connectivity index (χ1v) is 9.79. The van der Waals surface area contributed by atoms with Gasteiger partial charge in [0.25, 0.3) is 0 Å². The van der Waals surface area contributed by atoms with Crippen molar-refractivity contribution in [3.63, 3.8) is 0 Å². The van der Waals surface area contributed by atoms with Gasteiger partial charge in [-0.1, -0.05) is 18.2 Å². The molecule has 1 aromatic carbocycles. The van der Waals surface area contributed by atoms with E-state index in [1.165, 1.54) is 12.8 Å². The second kappa shape index (κ2) is 7.00. The van der Waals surface area contributed by atoms with Crippen LogP contribution >= 0.6 is 0 Å². The van der Waals surface area contributed by atoms with Gasteiger partial charge >= 0.3 is 6.03 Å². The first-order chi connectivity index (χ1) is 12.9. The highest BCUT2D eigenvalue weighted by Crippen LogP contribution is 2.39. The number of nitrogens with one attached hydrogen (secondary N) is 1. The predicted octanol–water partition coefficient (Wildman–Crippen LogP) is 3.29. The molecule has 2 aromatic rings. The van der Waals surface area contributed by atoms with Crippen LogP contribution in [-0.2, 0) is 0 Å². The van der Waals surface area contributed by atoms with Gasteiger partial charge in [0.15, 0.2) is 0 Å². The Morgan fingerprint density at radius 1 is 1.15 bits per heavy atom. The molecule has 6 nitrogen and oxygen atoms in total. The number of hydrogen-bond donors (Lipinski definition) is 1. The Kier molecular flexibility index (Phi) is 4.68. The largest absolute Gasteiger partial charge is 0.324 e. The van der Waals surface area contributed by atoms with Gasteiger partial charge in [-0.05, 0) is 64.3 Å². The van der Waals surface area contributed by atoms with Crippen molar-refractivity contribution in [1.82, 2.24) is 19.6 Å². The number of carbonyl (C=O) groups is 1. The number of carbonyl (C=O) groups excluding carboxylic acids is 1. The minimum absolute atomic E-state index is 0.0150. The van der Waals surface area contributed by atoms with E-state index in [1.54, 1.807) is 0 Å². The van der Waals surface area contributed by atoms with Crippen molar-refractivity contribution >= 4 is 11.8 Å². The van der Waals surface area contributed by atoms with Crippen LogP contribution in [0.15, 0.2) is 30.3 Å². The average Bonchev–Trinajstić information content (AvgIpc) is 3.11. The number of anilines is 1. The molecule has 2 bridgehead atoms. The molecule has 1 saturated heterocycles. The van der Waals surface area contributed by atoms with Gasteiger partial charge in [-0.15, -0.1) is 0 Å². The maximum Gasteiger partial charge on any atom is 0.323 e. The third-order valence-electron chi connectivity index (χ3n) is 6.08. The smallest absolute Gasteiger partial charge is 0.323 e. The number of aryl methyl sites for hydroxylation is 2. The highest BCUT2D eigenvalue weighted by Gasteiger charge is 2.44. The van der Waals surface area contributed by atoms with E-state index >= 15 is 0 Å². The van der Waals surface area contributed by atoms with Crippen LogP contribution in [0.4, 0.5) is 10.6 Å². The highest BCUT2D eigenvalue weighted by atomic mass is 16.2. The van der Waals surface area contributed by atoms with E-state index in [1.807, 2.05) is 40.8 Å². The molecule has 1 aliphatic heterocycles. The second-order valence-corrected chi connectivity index (χ2v) is 8.26. The molecular formula is C21H29N5O. The van der Waals surface area contributed by atoms with Crippen LogP contribution in [0.3, 0.4) is 0 Å². The molecular weight excluding hydrogens is 338 g/mol. The third kappa shape index (κ3) is 3.34. The van der Waals surface area contributed by atoms with Crippen molar-refractivity contribution in [2.75, 3.05) is 32.5 Å². The summed E-state index contributed by atoms with van der Waals surface area (Å²) in [7, 11) is 4.32. The van der Waals surface area contributed by atoms with E-state index in [2.05, 4.69) is 42.4 Å². The summed E-state index contributed by atoms with van der Waals surface area (Å²) in [6.45, 7) is 5.68. The van der Waals surface area contributed by atoms with Gasteiger partial charge in [0, 0.05) is 25.2 Å². The highest BCUT2D eigenvalue weighted by molar-refractivity contribution is 5.89. The molecule has 27 heavy (non-hydrogen) atoms. The predicted molar refractivity (Wildman–Crippen MR) is 107 cm³/mol. The lowest BCUT2D eigenvalue weighted by atomic mass is 9.91. The fourth-order valence-corrected chi connectivity index (χ4v) is 4.96. The molecule has 144 valence electrons. The zero-order valence-corrected chi connectivity index (χ0v) is 16.6. The first-order valence-electron chi connectivity index (χ1n) is 9.79. The number of benzene rings is 1. The number of fused-ring (bicyclic) bond motifs is 2. The standard InChI is InChI=1S/C21H29N5O/c1-14-7-5-6-8-18(14)26-19(11-15(2)23-26)22-21(27)25-12-16-9-10-17(13-25)20(16)24(3)4/h5-8,11,16-17,20H,9-10,12-13H2,1-4H3,(H,22,27)/t16-,17+,20?. The quantitative estimate of drug-likeness (QED) is 0.906. The number of para-hydroxylation sites is 1. The van der Waals surface area contributed by atoms with E-state index in [-0.39, 0.29) is 6.03 Å². The minimum atomic E-state index is -0.0150. The number of nitrogens with zero attached hydrogens (tertiary/aromatic N) is 4. The molecule has 4 rings (SSSR count). The molecule has 3 atom stereocenters. The monoisotopic (exact) mass is 367 g/mol. The Labute approximate surface area is 161 Å². The number of rotatable bonds is 3. The van der Waals surface area contributed by atoms with Gasteiger partial charge in [0.2, 0.25) is 0 Å². The Hall–Kier alpha value is -2.34. The van der Waals surface area contributed by atoms with Gasteiger partial charge in [-0.25, -0.2) is 9.48 Å². The average molecular weight is 367 g/mol. The molecule has 2 fully saturated rings. The number of aromatic nitrogens is 2. The first kappa shape index (κ1) is 18.0. The van der Waals surface area contributed by atoms with Crippen molar-refractivity contribution in [2.45, 2.75) is 32.7 Å².